The molecule has 0 aliphatic heterocycles. The number of nitrogens with zero attached hydrogens (tertiary/aromatic N) is 1. The van der Waals surface area contributed by atoms with Crippen molar-refractivity contribution in [3.63, 3.8) is 0 Å². The van der Waals surface area contributed by atoms with Crippen LogP contribution in [0.2, 0.25) is 0 Å². The summed E-state index contributed by atoms with van der Waals surface area (Å²) in [6, 6.07) is 10.3. The maximum atomic E-state index is 5.40. The van der Waals surface area contributed by atoms with Gasteiger partial charge in [0.15, 0.2) is 0 Å². The SMILES string of the molecule is CCN(CC)CCCONCc1ccccc1. The maximum absolute atomic E-state index is 5.40. The first-order chi connectivity index (χ1) is 8.36. The van der Waals surface area contributed by atoms with Crippen molar-refractivity contribution in [2.45, 2.75) is 26.8 Å². The molecule has 0 aromatic heterocycles. The van der Waals surface area contributed by atoms with Gasteiger partial charge in [0.25, 0.3) is 0 Å². The molecule has 0 saturated heterocycles. The van der Waals surface area contributed by atoms with E-state index in [1.807, 2.05) is 18.2 Å². The first-order valence-electron chi connectivity index (χ1n) is 6.47. The van der Waals surface area contributed by atoms with Crippen molar-refractivity contribution < 1.29 is 4.84 Å². The quantitative estimate of drug-likeness (QED) is 0.526. The Morgan fingerprint density at radius 2 is 1.82 bits per heavy atom. The number of nitrogens with one attached hydrogen (secondary N) is 1. The molecule has 96 valence electrons. The molecule has 0 aliphatic carbocycles. The van der Waals surface area contributed by atoms with E-state index in [2.05, 4.69) is 36.4 Å². The highest BCUT2D eigenvalue weighted by molar-refractivity contribution is 5.13. The van der Waals surface area contributed by atoms with E-state index in [1.165, 1.54) is 5.56 Å². The number of rotatable bonds is 9. The Hall–Kier alpha value is -0.900. The zero-order valence-corrected chi connectivity index (χ0v) is 11.0. The molecule has 1 aromatic carbocycles. The summed E-state index contributed by atoms with van der Waals surface area (Å²) >= 11 is 0. The minimum Gasteiger partial charge on any atom is -0.304 e. The Morgan fingerprint density at radius 1 is 1.12 bits per heavy atom. The maximum Gasteiger partial charge on any atom is 0.0694 e. The van der Waals surface area contributed by atoms with Gasteiger partial charge in [-0.25, -0.2) is 0 Å². The number of hydroxylamine groups is 1. The van der Waals surface area contributed by atoms with Crippen molar-refractivity contribution in [3.05, 3.63) is 35.9 Å². The smallest absolute Gasteiger partial charge is 0.0694 e. The summed E-state index contributed by atoms with van der Waals surface area (Å²) in [5.74, 6) is 0. The van der Waals surface area contributed by atoms with Crippen LogP contribution in [0.1, 0.15) is 25.8 Å². The molecule has 0 aliphatic rings. The zero-order valence-electron chi connectivity index (χ0n) is 11.0. The first-order valence-corrected chi connectivity index (χ1v) is 6.47. The molecule has 0 radical (unpaired) electrons. The van der Waals surface area contributed by atoms with Crippen LogP contribution in [-0.4, -0.2) is 31.1 Å². The van der Waals surface area contributed by atoms with Gasteiger partial charge in [0, 0.05) is 13.1 Å². The second-order valence-electron chi connectivity index (χ2n) is 4.04. The van der Waals surface area contributed by atoms with Crippen LogP contribution < -0.4 is 5.48 Å². The van der Waals surface area contributed by atoms with Crippen molar-refractivity contribution in [3.8, 4) is 0 Å². The molecular formula is C14H24N2O. The topological polar surface area (TPSA) is 24.5 Å². The van der Waals surface area contributed by atoms with E-state index in [0.717, 1.165) is 39.2 Å². The highest BCUT2D eigenvalue weighted by Gasteiger charge is 1.98. The third-order valence-corrected chi connectivity index (χ3v) is 2.84. The summed E-state index contributed by atoms with van der Waals surface area (Å²) < 4.78 is 0. The third-order valence-electron chi connectivity index (χ3n) is 2.84. The second kappa shape index (κ2) is 9.16. The van der Waals surface area contributed by atoms with Gasteiger partial charge in [-0.05, 0) is 25.1 Å². The van der Waals surface area contributed by atoms with Gasteiger partial charge in [0.2, 0.25) is 0 Å². The average molecular weight is 236 g/mol. The Morgan fingerprint density at radius 3 is 2.47 bits per heavy atom. The Kier molecular flexibility index (Phi) is 7.63. The highest BCUT2D eigenvalue weighted by Crippen LogP contribution is 1.97. The van der Waals surface area contributed by atoms with Crippen molar-refractivity contribution in [2.75, 3.05) is 26.2 Å². The van der Waals surface area contributed by atoms with Crippen LogP contribution in [0.3, 0.4) is 0 Å². The van der Waals surface area contributed by atoms with Crippen LogP contribution in [-0.2, 0) is 11.4 Å². The molecule has 0 amide bonds. The molecule has 0 atom stereocenters. The summed E-state index contributed by atoms with van der Waals surface area (Å²) in [4.78, 5) is 7.80. The Balaban J connectivity index is 1.98. The Bertz CT molecular complexity index is 273. The van der Waals surface area contributed by atoms with Gasteiger partial charge in [-0.15, -0.1) is 0 Å². The van der Waals surface area contributed by atoms with Crippen molar-refractivity contribution in [2.24, 2.45) is 0 Å². The lowest BCUT2D eigenvalue weighted by Crippen LogP contribution is -2.25. The van der Waals surface area contributed by atoms with Crippen LogP contribution in [0.5, 0.6) is 0 Å². The van der Waals surface area contributed by atoms with Crippen molar-refractivity contribution in [1.82, 2.24) is 10.4 Å². The minimum atomic E-state index is 0.767. The van der Waals surface area contributed by atoms with E-state index in [9.17, 15) is 0 Å². The minimum absolute atomic E-state index is 0.767. The fourth-order valence-electron chi connectivity index (χ4n) is 1.70. The van der Waals surface area contributed by atoms with E-state index in [-0.39, 0.29) is 0 Å². The zero-order chi connectivity index (χ0) is 12.3. The molecular weight excluding hydrogens is 212 g/mol. The monoisotopic (exact) mass is 236 g/mol. The second-order valence-corrected chi connectivity index (χ2v) is 4.04. The van der Waals surface area contributed by atoms with Gasteiger partial charge in [0.05, 0.1) is 6.61 Å². The predicted molar refractivity (Wildman–Crippen MR) is 71.6 cm³/mol. The van der Waals surface area contributed by atoms with Crippen LogP contribution in [0.25, 0.3) is 0 Å². The van der Waals surface area contributed by atoms with E-state index >= 15 is 0 Å². The standard InChI is InChI=1S/C14H24N2O/c1-3-16(4-2)11-8-12-17-15-13-14-9-6-5-7-10-14/h5-7,9-10,15H,3-4,8,11-13H2,1-2H3. The van der Waals surface area contributed by atoms with Gasteiger partial charge in [-0.2, -0.15) is 5.48 Å². The molecule has 0 heterocycles. The molecule has 0 bridgehead atoms. The normalized spacial score (nSPS) is 11.0. The fraction of sp³-hybridized carbons (Fsp3) is 0.571. The molecule has 0 spiro atoms. The summed E-state index contributed by atoms with van der Waals surface area (Å²) in [6.45, 7) is 9.27. The first kappa shape index (κ1) is 14.2. The number of benzene rings is 1. The molecule has 3 heteroatoms. The van der Waals surface area contributed by atoms with E-state index < -0.39 is 0 Å². The molecule has 0 unspecified atom stereocenters. The van der Waals surface area contributed by atoms with E-state index in [1.54, 1.807) is 0 Å². The lowest BCUT2D eigenvalue weighted by atomic mass is 10.2. The lowest BCUT2D eigenvalue weighted by molar-refractivity contribution is 0.0311. The third kappa shape index (κ3) is 6.41. The number of hydrogen-bond acceptors (Lipinski definition) is 3. The van der Waals surface area contributed by atoms with E-state index in [0.29, 0.717) is 0 Å². The van der Waals surface area contributed by atoms with Gasteiger partial charge < -0.3 is 9.74 Å². The molecule has 1 aromatic rings. The lowest BCUT2D eigenvalue weighted by Gasteiger charge is -2.17. The van der Waals surface area contributed by atoms with Crippen LogP contribution >= 0.6 is 0 Å². The molecule has 0 fully saturated rings. The number of hydrogen-bond donors (Lipinski definition) is 1. The molecule has 1 rings (SSSR count). The molecule has 0 saturated carbocycles. The van der Waals surface area contributed by atoms with Crippen LogP contribution in [0.15, 0.2) is 30.3 Å². The van der Waals surface area contributed by atoms with Gasteiger partial charge >= 0.3 is 0 Å². The molecule has 3 nitrogen and oxygen atoms in total. The van der Waals surface area contributed by atoms with Crippen LogP contribution in [0.4, 0.5) is 0 Å². The summed E-state index contributed by atoms with van der Waals surface area (Å²) in [7, 11) is 0. The summed E-state index contributed by atoms with van der Waals surface area (Å²) in [5.41, 5.74) is 4.24. The van der Waals surface area contributed by atoms with Gasteiger partial charge in [-0.3, -0.25) is 0 Å². The summed E-state index contributed by atoms with van der Waals surface area (Å²) in [6.07, 6.45) is 1.07. The fourth-order valence-corrected chi connectivity index (χ4v) is 1.70. The van der Waals surface area contributed by atoms with Crippen molar-refractivity contribution >= 4 is 0 Å². The summed E-state index contributed by atoms with van der Waals surface area (Å²) in [5, 5.41) is 0. The molecule has 1 N–H and O–H groups in total. The van der Waals surface area contributed by atoms with E-state index in [4.69, 9.17) is 4.84 Å². The predicted octanol–water partition coefficient (Wildman–Crippen LogP) is 2.44. The van der Waals surface area contributed by atoms with Crippen molar-refractivity contribution in [1.29, 1.82) is 0 Å². The van der Waals surface area contributed by atoms with Gasteiger partial charge in [0.1, 0.15) is 0 Å². The average Bonchev–Trinajstić information content (AvgIpc) is 2.39. The van der Waals surface area contributed by atoms with Crippen LogP contribution in [0, 0.1) is 0 Å². The Labute approximate surface area is 105 Å². The molecule has 17 heavy (non-hydrogen) atoms. The largest absolute Gasteiger partial charge is 0.304 e. The van der Waals surface area contributed by atoms with Gasteiger partial charge in [-0.1, -0.05) is 44.2 Å². The highest BCUT2D eigenvalue weighted by atomic mass is 16.6.